The van der Waals surface area contributed by atoms with E-state index in [2.05, 4.69) is 6.58 Å². The van der Waals surface area contributed by atoms with Gasteiger partial charge >= 0.3 is 0 Å². The summed E-state index contributed by atoms with van der Waals surface area (Å²) < 4.78 is 0. The molecule has 0 fully saturated rings. The van der Waals surface area contributed by atoms with Crippen molar-refractivity contribution < 1.29 is 0 Å². The molecule has 1 aromatic carbocycles. The van der Waals surface area contributed by atoms with Gasteiger partial charge in [0.1, 0.15) is 0 Å². The molecule has 0 heterocycles. The molecule has 0 aliphatic rings. The molecule has 11 heavy (non-hydrogen) atoms. The summed E-state index contributed by atoms with van der Waals surface area (Å²) in [5.41, 5.74) is 13.0. The number of nitrogen functional groups attached to an aromatic ring is 1. The van der Waals surface area contributed by atoms with Crippen molar-refractivity contribution in [2.75, 3.05) is 5.73 Å². The maximum atomic E-state index is 5.70. The van der Waals surface area contributed by atoms with E-state index >= 15 is 0 Å². The fourth-order valence-electron chi connectivity index (χ4n) is 0.941. The Bertz CT molecular complexity index is 255. The molecule has 0 saturated heterocycles. The second kappa shape index (κ2) is 3.21. The molecule has 58 valence electrons. The molecule has 1 atom stereocenters. The van der Waals surface area contributed by atoms with Gasteiger partial charge in [-0.2, -0.15) is 0 Å². The number of hydrogen-bond donors (Lipinski definition) is 2. The molecule has 0 aromatic heterocycles. The van der Waals surface area contributed by atoms with Crippen LogP contribution in [0.4, 0.5) is 5.69 Å². The van der Waals surface area contributed by atoms with Crippen LogP contribution in [0.3, 0.4) is 0 Å². The fourth-order valence-corrected chi connectivity index (χ4v) is 0.941. The number of para-hydroxylation sites is 1. The Morgan fingerprint density at radius 1 is 1.36 bits per heavy atom. The Morgan fingerprint density at radius 3 is 2.55 bits per heavy atom. The van der Waals surface area contributed by atoms with E-state index in [9.17, 15) is 0 Å². The predicted octanol–water partition coefficient (Wildman–Crippen LogP) is 1.45. The van der Waals surface area contributed by atoms with Crippen molar-refractivity contribution >= 4 is 5.69 Å². The molecular weight excluding hydrogens is 136 g/mol. The van der Waals surface area contributed by atoms with Crippen molar-refractivity contribution in [1.82, 2.24) is 0 Å². The third-order valence-electron chi connectivity index (χ3n) is 1.61. The number of anilines is 1. The molecule has 0 aliphatic heterocycles. The van der Waals surface area contributed by atoms with E-state index in [0.717, 1.165) is 11.3 Å². The van der Waals surface area contributed by atoms with Crippen molar-refractivity contribution in [3.8, 4) is 0 Å². The summed E-state index contributed by atoms with van der Waals surface area (Å²) in [6.45, 7) is 3.60. The maximum Gasteiger partial charge on any atom is 0.0499 e. The van der Waals surface area contributed by atoms with Gasteiger partial charge in [-0.15, -0.1) is 6.58 Å². The van der Waals surface area contributed by atoms with E-state index in [0.29, 0.717) is 0 Å². The Labute approximate surface area is 66.5 Å². The lowest BCUT2D eigenvalue weighted by Crippen LogP contribution is -2.08. The van der Waals surface area contributed by atoms with Crippen LogP contribution in [0.5, 0.6) is 0 Å². The monoisotopic (exact) mass is 148 g/mol. The summed E-state index contributed by atoms with van der Waals surface area (Å²) in [4.78, 5) is 0. The van der Waals surface area contributed by atoms with E-state index in [4.69, 9.17) is 11.5 Å². The van der Waals surface area contributed by atoms with Crippen LogP contribution < -0.4 is 11.5 Å². The van der Waals surface area contributed by atoms with E-state index in [1.807, 2.05) is 24.3 Å². The van der Waals surface area contributed by atoms with Crippen molar-refractivity contribution in [1.29, 1.82) is 0 Å². The first kappa shape index (κ1) is 7.82. The third kappa shape index (κ3) is 1.59. The Balaban J connectivity index is 3.02. The summed E-state index contributed by atoms with van der Waals surface area (Å²) in [7, 11) is 0. The summed E-state index contributed by atoms with van der Waals surface area (Å²) in [6.07, 6.45) is 1.67. The zero-order valence-electron chi connectivity index (χ0n) is 6.33. The standard InChI is InChI=1S/C9H12N2/c1-2-8(10)7-5-3-4-6-9(7)11/h2-6,8H,1,10-11H2/t8-/m1/s1. The minimum Gasteiger partial charge on any atom is -0.398 e. The molecule has 0 aliphatic carbocycles. The molecule has 2 heteroatoms. The highest BCUT2D eigenvalue weighted by Crippen LogP contribution is 2.17. The number of benzene rings is 1. The van der Waals surface area contributed by atoms with Crippen molar-refractivity contribution in [2.45, 2.75) is 6.04 Å². The first-order chi connectivity index (χ1) is 5.25. The second-order valence-electron chi connectivity index (χ2n) is 2.39. The average Bonchev–Trinajstić information content (AvgIpc) is 2.04. The smallest absolute Gasteiger partial charge is 0.0499 e. The average molecular weight is 148 g/mol. The molecule has 4 N–H and O–H groups in total. The van der Waals surface area contributed by atoms with E-state index in [-0.39, 0.29) is 6.04 Å². The van der Waals surface area contributed by atoms with Crippen molar-refractivity contribution in [3.63, 3.8) is 0 Å². The minimum atomic E-state index is -0.156. The molecular formula is C9H12N2. The molecule has 1 rings (SSSR count). The second-order valence-corrected chi connectivity index (χ2v) is 2.39. The third-order valence-corrected chi connectivity index (χ3v) is 1.61. The lowest BCUT2D eigenvalue weighted by atomic mass is 10.1. The van der Waals surface area contributed by atoms with Crippen molar-refractivity contribution in [2.24, 2.45) is 5.73 Å². The van der Waals surface area contributed by atoms with Crippen LogP contribution in [0.25, 0.3) is 0 Å². The highest BCUT2D eigenvalue weighted by atomic mass is 14.7. The molecule has 0 amide bonds. The molecule has 2 nitrogen and oxygen atoms in total. The van der Waals surface area contributed by atoms with E-state index in [1.165, 1.54) is 0 Å². The van der Waals surface area contributed by atoms with Crippen molar-refractivity contribution in [3.05, 3.63) is 42.5 Å². The lowest BCUT2D eigenvalue weighted by Gasteiger charge is -2.08. The minimum absolute atomic E-state index is 0.156. The van der Waals surface area contributed by atoms with Crippen LogP contribution in [0.15, 0.2) is 36.9 Å². The SMILES string of the molecule is C=C[C@@H](N)c1ccccc1N. The summed E-state index contributed by atoms with van der Waals surface area (Å²) in [6, 6.07) is 7.38. The first-order valence-electron chi connectivity index (χ1n) is 3.48. The Hall–Kier alpha value is -1.28. The number of nitrogens with two attached hydrogens (primary N) is 2. The first-order valence-corrected chi connectivity index (χ1v) is 3.48. The summed E-state index contributed by atoms with van der Waals surface area (Å²) in [5.74, 6) is 0. The molecule has 0 unspecified atom stereocenters. The fraction of sp³-hybridized carbons (Fsp3) is 0.111. The van der Waals surface area contributed by atoms with Gasteiger partial charge in [0, 0.05) is 11.7 Å². The normalized spacial score (nSPS) is 12.5. The largest absolute Gasteiger partial charge is 0.398 e. The zero-order valence-corrected chi connectivity index (χ0v) is 6.33. The van der Waals surface area contributed by atoms with Gasteiger partial charge in [0.15, 0.2) is 0 Å². The van der Waals surface area contributed by atoms with Crippen LogP contribution in [0, 0.1) is 0 Å². The Morgan fingerprint density at radius 2 is 2.00 bits per heavy atom. The topological polar surface area (TPSA) is 52.0 Å². The highest BCUT2D eigenvalue weighted by molar-refractivity contribution is 5.49. The maximum absolute atomic E-state index is 5.70. The molecule has 0 saturated carbocycles. The quantitative estimate of drug-likeness (QED) is 0.492. The van der Waals surface area contributed by atoms with Crippen LogP contribution >= 0.6 is 0 Å². The molecule has 0 radical (unpaired) electrons. The van der Waals surface area contributed by atoms with E-state index in [1.54, 1.807) is 6.08 Å². The van der Waals surface area contributed by atoms with Crippen LogP contribution in [0.2, 0.25) is 0 Å². The lowest BCUT2D eigenvalue weighted by molar-refractivity contribution is 0.918. The van der Waals surface area contributed by atoms with Crippen LogP contribution in [-0.2, 0) is 0 Å². The van der Waals surface area contributed by atoms with Crippen LogP contribution in [-0.4, -0.2) is 0 Å². The highest BCUT2D eigenvalue weighted by Gasteiger charge is 2.02. The Kier molecular flexibility index (Phi) is 2.28. The number of hydrogen-bond acceptors (Lipinski definition) is 2. The van der Waals surface area contributed by atoms with Crippen LogP contribution in [0.1, 0.15) is 11.6 Å². The summed E-state index contributed by atoms with van der Waals surface area (Å²) >= 11 is 0. The van der Waals surface area contributed by atoms with Gasteiger partial charge in [-0.25, -0.2) is 0 Å². The number of rotatable bonds is 2. The van der Waals surface area contributed by atoms with Gasteiger partial charge < -0.3 is 11.5 Å². The van der Waals surface area contributed by atoms with Gasteiger partial charge in [0.2, 0.25) is 0 Å². The predicted molar refractivity (Wildman–Crippen MR) is 48.0 cm³/mol. The van der Waals surface area contributed by atoms with Gasteiger partial charge in [0.05, 0.1) is 0 Å². The van der Waals surface area contributed by atoms with Gasteiger partial charge in [0.25, 0.3) is 0 Å². The zero-order chi connectivity index (χ0) is 8.27. The van der Waals surface area contributed by atoms with Gasteiger partial charge in [-0.3, -0.25) is 0 Å². The summed E-state index contributed by atoms with van der Waals surface area (Å²) in [5, 5.41) is 0. The van der Waals surface area contributed by atoms with Gasteiger partial charge in [-0.05, 0) is 11.6 Å². The molecule has 1 aromatic rings. The van der Waals surface area contributed by atoms with E-state index < -0.39 is 0 Å². The molecule has 0 bridgehead atoms. The molecule has 0 spiro atoms. The van der Waals surface area contributed by atoms with Gasteiger partial charge in [-0.1, -0.05) is 24.3 Å².